The molecule has 0 aromatic heterocycles. The van der Waals surface area contributed by atoms with E-state index in [4.69, 9.17) is 24.1 Å². The first-order valence-electron chi connectivity index (χ1n) is 17.3. The minimum Gasteiger partial charge on any atom is -0.489 e. The van der Waals surface area contributed by atoms with Crippen LogP contribution in [-0.4, -0.2) is 78.3 Å². The van der Waals surface area contributed by atoms with Crippen molar-refractivity contribution < 1.29 is 33.6 Å². The number of aliphatic hydroxyl groups excluding tert-OH is 1. The minimum absolute atomic E-state index is 0.00460. The van der Waals surface area contributed by atoms with Crippen LogP contribution in [0.5, 0.6) is 23.0 Å². The molecule has 2 fully saturated rings. The minimum atomic E-state index is -0.0405. The van der Waals surface area contributed by atoms with Gasteiger partial charge in [-0.2, -0.15) is 0 Å². The van der Waals surface area contributed by atoms with Crippen molar-refractivity contribution in [3.05, 3.63) is 119 Å². The SMILES string of the molecule is CCc1ccc(OCC(=O)N2CC[C@H](Oc3ccc(C)cc3)C2)cc1.Cc1ccc(O[C@H]2CCN(C(=O)COc3ccc(CO)cc3)C2)cc1. The van der Waals surface area contributed by atoms with Crippen LogP contribution >= 0.6 is 0 Å². The van der Waals surface area contributed by atoms with E-state index in [0.29, 0.717) is 31.9 Å². The number of aliphatic hydroxyl groups is 1. The molecule has 1 N–H and O–H groups in total. The predicted molar refractivity (Wildman–Crippen MR) is 193 cm³/mol. The number of carbonyl (C=O) groups excluding carboxylic acids is 2. The highest BCUT2D eigenvalue weighted by atomic mass is 16.5. The average molecular weight is 681 g/mol. The van der Waals surface area contributed by atoms with Gasteiger partial charge in [-0.15, -0.1) is 0 Å². The largest absolute Gasteiger partial charge is 0.489 e. The number of hydrogen-bond acceptors (Lipinski definition) is 7. The summed E-state index contributed by atoms with van der Waals surface area (Å²) in [6.45, 7) is 8.88. The standard InChI is InChI=1S/C21H25NO3.C20H23NO4/c1-3-17-6-10-18(11-7-17)24-15-21(23)22-13-12-20(14-22)25-19-8-4-16(2)5-9-19;1-15-2-6-18(7-3-15)25-19-10-11-21(12-19)20(23)14-24-17-8-4-16(13-22)5-9-17/h4-11,20H,3,12-15H2,1-2H3;2-9,19,22H,10-14H2,1H3/t20-;19-/m00/s1. The van der Waals surface area contributed by atoms with Gasteiger partial charge in [0.05, 0.1) is 19.7 Å². The van der Waals surface area contributed by atoms with E-state index in [1.165, 1.54) is 16.7 Å². The highest BCUT2D eigenvalue weighted by molar-refractivity contribution is 5.78. The molecule has 2 atom stereocenters. The zero-order chi connectivity index (χ0) is 35.3. The lowest BCUT2D eigenvalue weighted by atomic mass is 10.2. The Bertz CT molecular complexity index is 1520. The molecule has 6 rings (SSSR count). The second-order valence-corrected chi connectivity index (χ2v) is 12.7. The Morgan fingerprint density at radius 1 is 0.600 bits per heavy atom. The maximum atomic E-state index is 12.3. The van der Waals surface area contributed by atoms with Crippen molar-refractivity contribution in [2.24, 2.45) is 0 Å². The molecule has 0 saturated carbocycles. The lowest BCUT2D eigenvalue weighted by Crippen LogP contribution is -2.34. The van der Waals surface area contributed by atoms with Gasteiger partial charge in [-0.25, -0.2) is 0 Å². The molecule has 2 aliphatic rings. The van der Waals surface area contributed by atoms with Crippen molar-refractivity contribution in [1.82, 2.24) is 9.80 Å². The smallest absolute Gasteiger partial charge is 0.260 e. The van der Waals surface area contributed by atoms with E-state index in [9.17, 15) is 9.59 Å². The van der Waals surface area contributed by atoms with Crippen LogP contribution in [-0.2, 0) is 22.6 Å². The lowest BCUT2D eigenvalue weighted by Gasteiger charge is -2.17. The molecule has 0 aliphatic carbocycles. The van der Waals surface area contributed by atoms with Gasteiger partial charge in [0, 0.05) is 25.9 Å². The van der Waals surface area contributed by atoms with E-state index >= 15 is 0 Å². The number of benzene rings is 4. The number of aryl methyl sites for hydroxylation is 3. The maximum absolute atomic E-state index is 12.3. The Kier molecular flexibility index (Phi) is 13.1. The second-order valence-electron chi connectivity index (χ2n) is 12.7. The molecule has 0 unspecified atom stereocenters. The number of likely N-dealkylation sites (tertiary alicyclic amines) is 2. The average Bonchev–Trinajstić information content (AvgIpc) is 3.82. The number of rotatable bonds is 12. The first kappa shape index (κ1) is 36.3. The molecule has 4 aromatic carbocycles. The Hall–Kier alpha value is -5.02. The predicted octanol–water partition coefficient (Wildman–Crippen LogP) is 6.16. The number of carbonyl (C=O) groups is 2. The number of ether oxygens (including phenoxy) is 4. The third-order valence-corrected chi connectivity index (χ3v) is 8.81. The first-order chi connectivity index (χ1) is 24.3. The number of hydrogen-bond donors (Lipinski definition) is 1. The summed E-state index contributed by atoms with van der Waals surface area (Å²) >= 11 is 0. The van der Waals surface area contributed by atoms with Crippen LogP contribution in [0.1, 0.15) is 42.0 Å². The van der Waals surface area contributed by atoms with Crippen molar-refractivity contribution in [3.8, 4) is 23.0 Å². The highest BCUT2D eigenvalue weighted by Gasteiger charge is 2.29. The third-order valence-electron chi connectivity index (χ3n) is 8.81. The molecule has 4 aromatic rings. The fourth-order valence-electron chi connectivity index (χ4n) is 5.71. The quantitative estimate of drug-likeness (QED) is 0.191. The van der Waals surface area contributed by atoms with Gasteiger partial charge in [0.1, 0.15) is 35.2 Å². The summed E-state index contributed by atoms with van der Waals surface area (Å²) in [5.74, 6) is 3.02. The van der Waals surface area contributed by atoms with E-state index in [-0.39, 0.29) is 43.8 Å². The molecule has 9 nitrogen and oxygen atoms in total. The molecule has 2 heterocycles. The monoisotopic (exact) mass is 680 g/mol. The fraction of sp³-hybridized carbons (Fsp3) is 0.366. The van der Waals surface area contributed by atoms with Crippen molar-refractivity contribution in [2.45, 2.75) is 58.8 Å². The zero-order valence-electron chi connectivity index (χ0n) is 29.3. The van der Waals surface area contributed by atoms with Crippen LogP contribution in [0.15, 0.2) is 97.1 Å². The summed E-state index contributed by atoms with van der Waals surface area (Å²) in [4.78, 5) is 28.2. The zero-order valence-corrected chi connectivity index (χ0v) is 29.3. The summed E-state index contributed by atoms with van der Waals surface area (Å²) in [7, 11) is 0. The second kappa shape index (κ2) is 18.1. The summed E-state index contributed by atoms with van der Waals surface area (Å²) in [5, 5.41) is 9.02. The lowest BCUT2D eigenvalue weighted by molar-refractivity contribution is -0.133. The van der Waals surface area contributed by atoms with E-state index in [2.05, 4.69) is 13.8 Å². The van der Waals surface area contributed by atoms with Crippen molar-refractivity contribution in [1.29, 1.82) is 0 Å². The Labute approximate surface area is 295 Å². The topological polar surface area (TPSA) is 97.8 Å². The summed E-state index contributed by atoms with van der Waals surface area (Å²) < 4.78 is 23.1. The van der Waals surface area contributed by atoms with E-state index in [0.717, 1.165) is 42.1 Å². The van der Waals surface area contributed by atoms with Crippen LogP contribution in [0.4, 0.5) is 0 Å². The van der Waals surface area contributed by atoms with Gasteiger partial charge in [0.25, 0.3) is 11.8 Å². The van der Waals surface area contributed by atoms with E-state index in [1.54, 1.807) is 29.2 Å². The molecular formula is C41H48N2O7. The molecule has 2 amide bonds. The van der Waals surface area contributed by atoms with Gasteiger partial charge < -0.3 is 33.9 Å². The molecule has 264 valence electrons. The van der Waals surface area contributed by atoms with E-state index < -0.39 is 0 Å². The maximum Gasteiger partial charge on any atom is 0.260 e. The highest BCUT2D eigenvalue weighted by Crippen LogP contribution is 2.21. The number of amides is 2. The van der Waals surface area contributed by atoms with Crippen molar-refractivity contribution in [2.75, 3.05) is 39.4 Å². The summed E-state index contributed by atoms with van der Waals surface area (Å²) in [6.07, 6.45) is 2.75. The Balaban J connectivity index is 0.000000194. The molecule has 0 spiro atoms. The summed E-state index contributed by atoms with van der Waals surface area (Å²) in [5.41, 5.74) is 4.48. The molecule has 0 bridgehead atoms. The van der Waals surface area contributed by atoms with Crippen LogP contribution in [0.2, 0.25) is 0 Å². The third kappa shape index (κ3) is 11.0. The molecular weight excluding hydrogens is 632 g/mol. The van der Waals surface area contributed by atoms with Gasteiger partial charge in [0.15, 0.2) is 13.2 Å². The summed E-state index contributed by atoms with van der Waals surface area (Å²) in [6, 6.07) is 30.9. The molecule has 2 aliphatic heterocycles. The van der Waals surface area contributed by atoms with Crippen molar-refractivity contribution >= 4 is 11.8 Å². The number of nitrogens with zero attached hydrogens (tertiary/aromatic N) is 2. The van der Waals surface area contributed by atoms with Gasteiger partial charge in [-0.1, -0.05) is 66.6 Å². The Morgan fingerprint density at radius 3 is 1.36 bits per heavy atom. The van der Waals surface area contributed by atoms with Crippen molar-refractivity contribution in [3.63, 3.8) is 0 Å². The van der Waals surface area contributed by atoms with Gasteiger partial charge in [0.2, 0.25) is 0 Å². The molecule has 9 heteroatoms. The van der Waals surface area contributed by atoms with Crippen LogP contribution in [0, 0.1) is 13.8 Å². The van der Waals surface area contributed by atoms with E-state index in [1.807, 2.05) is 84.6 Å². The fourth-order valence-corrected chi connectivity index (χ4v) is 5.71. The molecule has 50 heavy (non-hydrogen) atoms. The van der Waals surface area contributed by atoms with Crippen LogP contribution in [0.3, 0.4) is 0 Å². The van der Waals surface area contributed by atoms with Gasteiger partial charge in [-0.05, 0) is 79.9 Å². The van der Waals surface area contributed by atoms with Crippen LogP contribution < -0.4 is 18.9 Å². The normalized spacial score (nSPS) is 16.7. The molecule has 0 radical (unpaired) electrons. The molecule has 2 saturated heterocycles. The first-order valence-corrected chi connectivity index (χ1v) is 17.3. The van der Waals surface area contributed by atoms with Gasteiger partial charge in [-0.3, -0.25) is 9.59 Å². The Morgan fingerprint density at radius 2 is 0.980 bits per heavy atom. The van der Waals surface area contributed by atoms with Gasteiger partial charge >= 0.3 is 0 Å². The van der Waals surface area contributed by atoms with Crippen LogP contribution in [0.25, 0.3) is 0 Å².